The molecule has 114 valence electrons. The number of nitrogens with zero attached hydrogens (tertiary/aromatic N) is 2. The summed E-state index contributed by atoms with van der Waals surface area (Å²) in [7, 11) is 0. The molecule has 0 aliphatic rings. The quantitative estimate of drug-likeness (QED) is 0.756. The zero-order valence-electron chi connectivity index (χ0n) is 12.7. The van der Waals surface area contributed by atoms with Crippen LogP contribution in [-0.4, -0.2) is 16.7 Å². The first-order valence-corrected chi connectivity index (χ1v) is 8.35. The van der Waals surface area contributed by atoms with Crippen LogP contribution in [0, 0.1) is 11.8 Å². The average Bonchev–Trinajstić information content (AvgIpc) is 2.92. The summed E-state index contributed by atoms with van der Waals surface area (Å²) >= 11 is 1.71. The van der Waals surface area contributed by atoms with Gasteiger partial charge in [-0.1, -0.05) is 37.2 Å². The van der Waals surface area contributed by atoms with Crippen molar-refractivity contribution in [3.63, 3.8) is 0 Å². The van der Waals surface area contributed by atoms with Crippen LogP contribution in [0.1, 0.15) is 32.0 Å². The van der Waals surface area contributed by atoms with E-state index < -0.39 is 0 Å². The molecule has 0 radical (unpaired) electrons. The first-order chi connectivity index (χ1) is 10.2. The van der Waals surface area contributed by atoms with Gasteiger partial charge in [-0.05, 0) is 36.9 Å². The van der Waals surface area contributed by atoms with E-state index in [-0.39, 0.29) is 0 Å². The molecule has 2 rings (SSSR count). The van der Waals surface area contributed by atoms with Crippen LogP contribution in [0.15, 0.2) is 39.8 Å². The van der Waals surface area contributed by atoms with E-state index in [1.807, 2.05) is 18.2 Å². The minimum Gasteiger partial charge on any atom is -0.339 e. The molecule has 5 heteroatoms. The van der Waals surface area contributed by atoms with E-state index in [4.69, 9.17) is 10.3 Å². The molecule has 0 saturated heterocycles. The van der Waals surface area contributed by atoms with Gasteiger partial charge in [0.15, 0.2) is 5.82 Å². The highest BCUT2D eigenvalue weighted by Gasteiger charge is 2.15. The van der Waals surface area contributed by atoms with Gasteiger partial charge in [-0.2, -0.15) is 4.98 Å². The molecule has 2 aromatic rings. The Kier molecular flexibility index (Phi) is 6.26. The highest BCUT2D eigenvalue weighted by Crippen LogP contribution is 2.21. The number of hydrogen-bond donors (Lipinski definition) is 1. The Morgan fingerprint density at radius 2 is 2.00 bits per heavy atom. The number of aromatic nitrogens is 2. The smallest absolute Gasteiger partial charge is 0.226 e. The molecule has 0 spiro atoms. The Hall–Kier alpha value is -1.33. The summed E-state index contributed by atoms with van der Waals surface area (Å²) in [5.41, 5.74) is 5.82. The van der Waals surface area contributed by atoms with Crippen LogP contribution in [0.3, 0.4) is 0 Å². The zero-order chi connectivity index (χ0) is 15.1. The number of hydrogen-bond acceptors (Lipinski definition) is 5. The summed E-state index contributed by atoms with van der Waals surface area (Å²) < 4.78 is 5.34. The van der Waals surface area contributed by atoms with E-state index >= 15 is 0 Å². The predicted octanol–water partition coefficient (Wildman–Crippen LogP) is 3.53. The maximum absolute atomic E-state index is 5.82. The predicted molar refractivity (Wildman–Crippen MR) is 86.0 cm³/mol. The Bertz CT molecular complexity index is 527. The number of benzene rings is 1. The van der Waals surface area contributed by atoms with Crippen molar-refractivity contribution in [3.05, 3.63) is 42.0 Å². The minimum absolute atomic E-state index is 0.417. The van der Waals surface area contributed by atoms with E-state index in [1.54, 1.807) is 11.8 Å². The van der Waals surface area contributed by atoms with E-state index in [9.17, 15) is 0 Å². The maximum atomic E-state index is 5.82. The Labute approximate surface area is 130 Å². The van der Waals surface area contributed by atoms with Gasteiger partial charge in [-0.3, -0.25) is 0 Å². The van der Waals surface area contributed by atoms with Crippen LogP contribution in [0.5, 0.6) is 0 Å². The van der Waals surface area contributed by atoms with Crippen molar-refractivity contribution in [3.8, 4) is 0 Å². The maximum Gasteiger partial charge on any atom is 0.226 e. The number of rotatable bonds is 8. The molecule has 1 aromatic heterocycles. The molecule has 2 N–H and O–H groups in total. The summed E-state index contributed by atoms with van der Waals surface area (Å²) in [6, 6.07) is 10.2. The fourth-order valence-corrected chi connectivity index (χ4v) is 3.04. The molecule has 1 aromatic carbocycles. The second kappa shape index (κ2) is 8.20. The highest BCUT2D eigenvalue weighted by atomic mass is 32.2. The molecule has 0 aliphatic carbocycles. The second-order valence-electron chi connectivity index (χ2n) is 5.64. The molecule has 0 bridgehead atoms. The first kappa shape index (κ1) is 16.0. The summed E-state index contributed by atoms with van der Waals surface area (Å²) in [4.78, 5) is 5.68. The van der Waals surface area contributed by atoms with Crippen LogP contribution in [0.2, 0.25) is 0 Å². The van der Waals surface area contributed by atoms with Gasteiger partial charge in [0, 0.05) is 11.3 Å². The van der Waals surface area contributed by atoms with Gasteiger partial charge in [0.2, 0.25) is 5.89 Å². The molecule has 0 amide bonds. The van der Waals surface area contributed by atoms with Crippen LogP contribution in [0.4, 0.5) is 0 Å². The largest absolute Gasteiger partial charge is 0.339 e. The van der Waals surface area contributed by atoms with Crippen LogP contribution >= 0.6 is 11.8 Å². The molecule has 21 heavy (non-hydrogen) atoms. The molecule has 1 heterocycles. The van der Waals surface area contributed by atoms with Gasteiger partial charge in [0.25, 0.3) is 0 Å². The molecule has 4 nitrogen and oxygen atoms in total. The van der Waals surface area contributed by atoms with Crippen LogP contribution in [0.25, 0.3) is 0 Å². The fourth-order valence-electron chi connectivity index (χ4n) is 2.27. The summed E-state index contributed by atoms with van der Waals surface area (Å²) in [6.45, 7) is 5.07. The standard InChI is InChI=1S/C16H23N3OS/c1-12(2)8-13(10-17)9-16-18-15(19-20-16)11-21-14-6-4-3-5-7-14/h3-7,12-13H,8-11,17H2,1-2H3/t13-/m0/s1. The second-order valence-corrected chi connectivity index (χ2v) is 6.69. The van der Waals surface area contributed by atoms with Crippen molar-refractivity contribution >= 4 is 11.8 Å². The normalized spacial score (nSPS) is 12.8. The summed E-state index contributed by atoms with van der Waals surface area (Å²) in [5.74, 6) is 3.23. The molecule has 0 fully saturated rings. The highest BCUT2D eigenvalue weighted by molar-refractivity contribution is 7.98. The van der Waals surface area contributed by atoms with Gasteiger partial charge in [0.05, 0.1) is 5.75 Å². The van der Waals surface area contributed by atoms with E-state index in [0.29, 0.717) is 24.3 Å². The lowest BCUT2D eigenvalue weighted by Crippen LogP contribution is -2.19. The van der Waals surface area contributed by atoms with Gasteiger partial charge < -0.3 is 10.3 Å². The van der Waals surface area contributed by atoms with Crippen molar-refractivity contribution in [1.29, 1.82) is 0 Å². The van der Waals surface area contributed by atoms with E-state index in [0.717, 1.165) is 24.4 Å². The first-order valence-electron chi connectivity index (χ1n) is 7.36. The SMILES string of the molecule is CC(C)C[C@H](CN)Cc1nc(CSc2ccccc2)no1. The Morgan fingerprint density at radius 3 is 2.67 bits per heavy atom. The lowest BCUT2D eigenvalue weighted by atomic mass is 9.94. The topological polar surface area (TPSA) is 64.9 Å². The molecular formula is C16H23N3OS. The van der Waals surface area contributed by atoms with Crippen molar-refractivity contribution in [2.75, 3.05) is 6.54 Å². The van der Waals surface area contributed by atoms with Crippen molar-refractivity contribution in [2.24, 2.45) is 17.6 Å². The summed E-state index contributed by atoms with van der Waals surface area (Å²) in [6.07, 6.45) is 1.87. The third-order valence-electron chi connectivity index (χ3n) is 3.22. The van der Waals surface area contributed by atoms with Gasteiger partial charge in [-0.15, -0.1) is 11.8 Å². The summed E-state index contributed by atoms with van der Waals surface area (Å²) in [5, 5.41) is 4.05. The van der Waals surface area contributed by atoms with Gasteiger partial charge >= 0.3 is 0 Å². The van der Waals surface area contributed by atoms with E-state index in [1.165, 1.54) is 4.90 Å². The lowest BCUT2D eigenvalue weighted by molar-refractivity contribution is 0.330. The third kappa shape index (κ3) is 5.52. The monoisotopic (exact) mass is 305 g/mol. The van der Waals surface area contributed by atoms with Crippen molar-refractivity contribution in [1.82, 2.24) is 10.1 Å². The fraction of sp³-hybridized carbons (Fsp3) is 0.500. The number of nitrogens with two attached hydrogens (primary N) is 1. The molecule has 0 saturated carbocycles. The van der Waals surface area contributed by atoms with Crippen molar-refractivity contribution < 1.29 is 4.52 Å². The Balaban J connectivity index is 1.86. The molecule has 1 atom stereocenters. The van der Waals surface area contributed by atoms with Crippen LogP contribution in [-0.2, 0) is 12.2 Å². The molecule has 0 aliphatic heterocycles. The molecule has 0 unspecified atom stereocenters. The lowest BCUT2D eigenvalue weighted by Gasteiger charge is -2.14. The average molecular weight is 305 g/mol. The van der Waals surface area contributed by atoms with E-state index in [2.05, 4.69) is 36.1 Å². The zero-order valence-corrected chi connectivity index (χ0v) is 13.5. The minimum atomic E-state index is 0.417. The number of thioether (sulfide) groups is 1. The molecular weight excluding hydrogens is 282 g/mol. The van der Waals surface area contributed by atoms with Gasteiger partial charge in [0.1, 0.15) is 0 Å². The Morgan fingerprint density at radius 1 is 1.24 bits per heavy atom. The third-order valence-corrected chi connectivity index (χ3v) is 4.23. The van der Waals surface area contributed by atoms with Crippen LogP contribution < -0.4 is 5.73 Å². The van der Waals surface area contributed by atoms with Crippen molar-refractivity contribution in [2.45, 2.75) is 37.3 Å². The van der Waals surface area contributed by atoms with Gasteiger partial charge in [-0.25, -0.2) is 0 Å².